The van der Waals surface area contributed by atoms with E-state index in [1.807, 2.05) is 0 Å². The maximum Gasteiger partial charge on any atom is 0.0742 e. The van der Waals surface area contributed by atoms with Crippen LogP contribution in [0.3, 0.4) is 0 Å². The van der Waals surface area contributed by atoms with Crippen molar-refractivity contribution < 1.29 is 10.2 Å². The van der Waals surface area contributed by atoms with Crippen molar-refractivity contribution in [3.63, 3.8) is 0 Å². The van der Waals surface area contributed by atoms with Crippen molar-refractivity contribution in [3.05, 3.63) is 0 Å². The normalized spacial score (nSPS) is 48.0. The molecule has 100 valence electrons. The molecule has 17 heavy (non-hydrogen) atoms. The Morgan fingerprint density at radius 2 is 1.88 bits per heavy atom. The van der Waals surface area contributed by atoms with Gasteiger partial charge in [-0.3, -0.25) is 0 Å². The third kappa shape index (κ3) is 2.38. The number of hydrogen-bond donors (Lipinski definition) is 3. The number of aliphatic hydroxyl groups excluding tert-OH is 1. The molecule has 1 saturated heterocycles. The summed E-state index contributed by atoms with van der Waals surface area (Å²) in [4.78, 5) is 0. The van der Waals surface area contributed by atoms with Crippen LogP contribution >= 0.6 is 0 Å². The molecule has 3 N–H and O–H groups in total. The number of aliphatic hydroxyl groups is 2. The highest BCUT2D eigenvalue weighted by atomic mass is 16.3. The van der Waals surface area contributed by atoms with E-state index in [0.717, 1.165) is 38.8 Å². The van der Waals surface area contributed by atoms with Crippen molar-refractivity contribution >= 4 is 0 Å². The first-order valence-corrected chi connectivity index (χ1v) is 7.05. The zero-order chi connectivity index (χ0) is 12.5. The highest BCUT2D eigenvalue weighted by molar-refractivity contribution is 5.04. The van der Waals surface area contributed by atoms with Crippen LogP contribution in [0, 0.1) is 17.3 Å². The molecule has 2 rings (SSSR count). The fourth-order valence-electron chi connectivity index (χ4n) is 4.17. The van der Waals surface area contributed by atoms with Gasteiger partial charge in [-0.15, -0.1) is 0 Å². The Morgan fingerprint density at radius 3 is 2.35 bits per heavy atom. The quantitative estimate of drug-likeness (QED) is 0.687. The summed E-state index contributed by atoms with van der Waals surface area (Å²) in [5.74, 6) is 1.13. The molecule has 1 aliphatic carbocycles. The topological polar surface area (TPSA) is 52.5 Å². The van der Waals surface area contributed by atoms with Gasteiger partial charge in [0.1, 0.15) is 0 Å². The average Bonchev–Trinajstić information content (AvgIpc) is 2.28. The minimum Gasteiger partial charge on any atom is -0.396 e. The van der Waals surface area contributed by atoms with E-state index in [1.54, 1.807) is 0 Å². The van der Waals surface area contributed by atoms with E-state index in [-0.39, 0.29) is 12.0 Å². The third-order valence-electron chi connectivity index (χ3n) is 4.94. The van der Waals surface area contributed by atoms with Crippen molar-refractivity contribution in [2.45, 2.75) is 51.6 Å². The van der Waals surface area contributed by atoms with Crippen LogP contribution in [0.15, 0.2) is 0 Å². The number of piperidine rings is 1. The van der Waals surface area contributed by atoms with Crippen LogP contribution in [0.5, 0.6) is 0 Å². The standard InChI is InChI=1S/C14H27NO2/c1-11-6-12(2)8-14(17,7-11)13(10-16)4-3-5-15-9-13/h11-12,15-17H,3-10H2,1-2H3. The van der Waals surface area contributed by atoms with Crippen molar-refractivity contribution in [3.8, 4) is 0 Å². The minimum absolute atomic E-state index is 0.107. The lowest BCUT2D eigenvalue weighted by Crippen LogP contribution is -2.60. The number of hydrogen-bond acceptors (Lipinski definition) is 3. The molecule has 3 atom stereocenters. The summed E-state index contributed by atoms with van der Waals surface area (Å²) in [6.07, 6.45) is 4.91. The molecule has 0 amide bonds. The van der Waals surface area contributed by atoms with Crippen molar-refractivity contribution in [1.29, 1.82) is 0 Å². The molecule has 2 fully saturated rings. The second-order valence-corrected chi connectivity index (χ2v) is 6.60. The molecule has 0 bridgehead atoms. The Bertz CT molecular complexity index is 251. The van der Waals surface area contributed by atoms with E-state index in [1.165, 1.54) is 6.42 Å². The SMILES string of the molecule is CC1CC(C)CC(O)(C2(CO)CCCNC2)C1. The summed E-state index contributed by atoms with van der Waals surface area (Å²) < 4.78 is 0. The molecule has 0 radical (unpaired) electrons. The van der Waals surface area contributed by atoms with Gasteiger partial charge in [-0.2, -0.15) is 0 Å². The first-order chi connectivity index (χ1) is 8.01. The second-order valence-electron chi connectivity index (χ2n) is 6.60. The Hall–Kier alpha value is -0.120. The van der Waals surface area contributed by atoms with Crippen LogP contribution in [0.2, 0.25) is 0 Å². The lowest BCUT2D eigenvalue weighted by molar-refractivity contribution is -0.156. The fourth-order valence-corrected chi connectivity index (χ4v) is 4.17. The Labute approximate surface area is 105 Å². The fraction of sp³-hybridized carbons (Fsp3) is 1.00. The summed E-state index contributed by atoms with van der Waals surface area (Å²) in [6.45, 7) is 6.34. The molecule has 0 spiro atoms. The minimum atomic E-state index is -0.674. The van der Waals surface area contributed by atoms with Crippen LogP contribution < -0.4 is 5.32 Å². The Kier molecular flexibility index (Phi) is 3.81. The molecule has 1 heterocycles. The molecule has 2 aliphatic rings. The molecule has 1 saturated carbocycles. The summed E-state index contributed by atoms with van der Waals surface area (Å²) in [5, 5.41) is 24.3. The smallest absolute Gasteiger partial charge is 0.0742 e. The predicted octanol–water partition coefficient (Wildman–Crippen LogP) is 1.54. The zero-order valence-electron chi connectivity index (χ0n) is 11.2. The van der Waals surface area contributed by atoms with Crippen molar-refractivity contribution in [2.24, 2.45) is 17.3 Å². The van der Waals surface area contributed by atoms with Gasteiger partial charge in [0, 0.05) is 12.0 Å². The zero-order valence-corrected chi connectivity index (χ0v) is 11.2. The largest absolute Gasteiger partial charge is 0.396 e. The van der Waals surface area contributed by atoms with Gasteiger partial charge in [0.2, 0.25) is 0 Å². The first-order valence-electron chi connectivity index (χ1n) is 7.05. The summed E-state index contributed by atoms with van der Waals surface area (Å²) in [5.41, 5.74) is -0.986. The van der Waals surface area contributed by atoms with Gasteiger partial charge in [-0.25, -0.2) is 0 Å². The number of rotatable bonds is 2. The van der Waals surface area contributed by atoms with Crippen LogP contribution in [0.1, 0.15) is 46.0 Å². The lowest BCUT2D eigenvalue weighted by atomic mass is 9.58. The lowest BCUT2D eigenvalue weighted by Gasteiger charge is -2.53. The van der Waals surface area contributed by atoms with Crippen LogP contribution in [-0.2, 0) is 0 Å². The van der Waals surface area contributed by atoms with Gasteiger partial charge in [0.25, 0.3) is 0 Å². The van der Waals surface area contributed by atoms with E-state index < -0.39 is 5.60 Å². The van der Waals surface area contributed by atoms with E-state index >= 15 is 0 Å². The second kappa shape index (κ2) is 4.87. The van der Waals surface area contributed by atoms with Gasteiger partial charge in [0.05, 0.1) is 12.2 Å². The molecule has 0 aromatic heterocycles. The molecular weight excluding hydrogens is 214 g/mol. The van der Waals surface area contributed by atoms with Gasteiger partial charge < -0.3 is 15.5 Å². The summed E-state index contributed by atoms with van der Waals surface area (Å²) in [6, 6.07) is 0. The first kappa shape index (κ1) is 13.3. The monoisotopic (exact) mass is 241 g/mol. The molecule has 0 aromatic carbocycles. The van der Waals surface area contributed by atoms with Gasteiger partial charge >= 0.3 is 0 Å². The predicted molar refractivity (Wildman–Crippen MR) is 68.8 cm³/mol. The third-order valence-corrected chi connectivity index (χ3v) is 4.94. The number of nitrogens with one attached hydrogen (secondary N) is 1. The highest BCUT2D eigenvalue weighted by Crippen LogP contribution is 2.49. The maximum atomic E-state index is 11.1. The van der Waals surface area contributed by atoms with E-state index in [9.17, 15) is 10.2 Å². The molecule has 3 nitrogen and oxygen atoms in total. The van der Waals surface area contributed by atoms with Gasteiger partial charge in [-0.1, -0.05) is 13.8 Å². The average molecular weight is 241 g/mol. The summed E-state index contributed by atoms with van der Waals surface area (Å²) in [7, 11) is 0. The van der Waals surface area contributed by atoms with E-state index in [2.05, 4.69) is 19.2 Å². The van der Waals surface area contributed by atoms with Crippen molar-refractivity contribution in [2.75, 3.05) is 19.7 Å². The van der Waals surface area contributed by atoms with Crippen LogP contribution in [0.25, 0.3) is 0 Å². The van der Waals surface area contributed by atoms with Gasteiger partial charge in [-0.05, 0) is 50.5 Å². The highest BCUT2D eigenvalue weighted by Gasteiger charge is 2.52. The molecule has 0 aromatic rings. The van der Waals surface area contributed by atoms with Crippen LogP contribution in [0.4, 0.5) is 0 Å². The van der Waals surface area contributed by atoms with Crippen molar-refractivity contribution in [1.82, 2.24) is 5.32 Å². The summed E-state index contributed by atoms with van der Waals surface area (Å²) >= 11 is 0. The molecular formula is C14H27NO2. The van der Waals surface area contributed by atoms with E-state index in [4.69, 9.17) is 0 Å². The Morgan fingerprint density at radius 1 is 1.24 bits per heavy atom. The molecule has 3 unspecified atom stereocenters. The molecule has 3 heteroatoms. The van der Waals surface area contributed by atoms with Crippen LogP contribution in [-0.4, -0.2) is 35.5 Å². The molecule has 1 aliphatic heterocycles. The van der Waals surface area contributed by atoms with Gasteiger partial charge in [0.15, 0.2) is 0 Å². The Balaban J connectivity index is 2.21. The van der Waals surface area contributed by atoms with E-state index in [0.29, 0.717) is 11.8 Å². The maximum absolute atomic E-state index is 11.1.